The van der Waals surface area contributed by atoms with Crippen molar-refractivity contribution in [2.75, 3.05) is 18.0 Å². The predicted molar refractivity (Wildman–Crippen MR) is 89.3 cm³/mol. The highest BCUT2D eigenvalue weighted by atomic mass is 32.2. The van der Waals surface area contributed by atoms with Gasteiger partial charge in [0.05, 0.1) is 10.6 Å². The molecular formula is C15H19N5O2S. The van der Waals surface area contributed by atoms with Crippen molar-refractivity contribution in [1.82, 2.24) is 15.0 Å². The van der Waals surface area contributed by atoms with Crippen LogP contribution < -0.4 is 10.7 Å². The average molecular weight is 333 g/mol. The average Bonchev–Trinajstić information content (AvgIpc) is 2.82. The molecule has 23 heavy (non-hydrogen) atoms. The molecule has 3 heterocycles. The fourth-order valence-corrected chi connectivity index (χ4v) is 3.48. The molecule has 2 saturated heterocycles. The van der Waals surface area contributed by atoms with Crippen LogP contribution in [0, 0.1) is 5.92 Å². The second-order valence-electron chi connectivity index (χ2n) is 5.67. The van der Waals surface area contributed by atoms with Gasteiger partial charge in [-0.2, -0.15) is 0 Å². The molecule has 0 aliphatic carbocycles. The van der Waals surface area contributed by atoms with E-state index in [4.69, 9.17) is 5.84 Å². The monoisotopic (exact) mass is 333 g/mol. The van der Waals surface area contributed by atoms with Crippen LogP contribution in [0.3, 0.4) is 0 Å². The number of hydrogen-bond acceptors (Lipinski definition) is 7. The van der Waals surface area contributed by atoms with Crippen LogP contribution in [0.5, 0.6) is 0 Å². The summed E-state index contributed by atoms with van der Waals surface area (Å²) in [6.07, 6.45) is 6.77. The van der Waals surface area contributed by atoms with Crippen LogP contribution in [0.2, 0.25) is 0 Å². The largest absolute Gasteiger partial charge is 0.341 e. The van der Waals surface area contributed by atoms with Gasteiger partial charge in [-0.25, -0.2) is 20.8 Å². The van der Waals surface area contributed by atoms with Gasteiger partial charge in [0, 0.05) is 19.3 Å². The maximum atomic E-state index is 11.8. The Morgan fingerprint density at radius 1 is 1.39 bits per heavy atom. The van der Waals surface area contributed by atoms with Crippen LogP contribution in [0.25, 0.3) is 6.08 Å². The van der Waals surface area contributed by atoms with Crippen LogP contribution in [-0.2, 0) is 4.79 Å². The van der Waals surface area contributed by atoms with Crippen molar-refractivity contribution >= 4 is 34.9 Å². The number of hydrazine groups is 1. The minimum atomic E-state index is -0.496. The molecule has 2 amide bonds. The van der Waals surface area contributed by atoms with Crippen LogP contribution in [0.4, 0.5) is 10.7 Å². The number of piperidine rings is 1. The summed E-state index contributed by atoms with van der Waals surface area (Å²) in [5.74, 6) is 6.32. The Balaban J connectivity index is 1.76. The number of carbonyl (C=O) groups is 2. The lowest BCUT2D eigenvalue weighted by Crippen LogP contribution is -2.35. The number of nitrogens with zero attached hydrogens (tertiary/aromatic N) is 4. The van der Waals surface area contributed by atoms with Crippen molar-refractivity contribution in [2.24, 2.45) is 11.8 Å². The summed E-state index contributed by atoms with van der Waals surface area (Å²) < 4.78 is 0. The van der Waals surface area contributed by atoms with E-state index in [1.807, 2.05) is 0 Å². The van der Waals surface area contributed by atoms with Gasteiger partial charge in [0.2, 0.25) is 5.95 Å². The number of anilines is 1. The summed E-state index contributed by atoms with van der Waals surface area (Å²) in [5.41, 5.74) is 0.603. The van der Waals surface area contributed by atoms with E-state index < -0.39 is 11.1 Å². The minimum Gasteiger partial charge on any atom is -0.341 e. The number of thioether (sulfide) groups is 1. The summed E-state index contributed by atoms with van der Waals surface area (Å²) in [6.45, 7) is 4.12. The molecule has 3 rings (SSSR count). The zero-order valence-electron chi connectivity index (χ0n) is 12.9. The van der Waals surface area contributed by atoms with Crippen molar-refractivity contribution in [3.63, 3.8) is 0 Å². The molecule has 0 atom stereocenters. The number of amides is 2. The predicted octanol–water partition coefficient (Wildman–Crippen LogP) is 2.01. The molecular weight excluding hydrogens is 314 g/mol. The molecule has 1 aromatic rings. The fourth-order valence-electron chi connectivity index (χ4n) is 2.75. The molecule has 7 nitrogen and oxygen atoms in total. The quantitative estimate of drug-likeness (QED) is 0.514. The second-order valence-corrected chi connectivity index (χ2v) is 6.67. The van der Waals surface area contributed by atoms with Gasteiger partial charge in [0.25, 0.3) is 5.91 Å². The van der Waals surface area contributed by atoms with E-state index in [1.165, 1.54) is 6.42 Å². The number of hydrogen-bond donors (Lipinski definition) is 1. The number of carbonyl (C=O) groups excluding carboxylic acids is 2. The Hall–Kier alpha value is -1.93. The van der Waals surface area contributed by atoms with Gasteiger partial charge in [-0.3, -0.25) is 9.59 Å². The third-order valence-electron chi connectivity index (χ3n) is 4.24. The molecule has 0 spiro atoms. The molecule has 0 unspecified atom stereocenters. The number of rotatable bonds is 3. The first-order valence-electron chi connectivity index (χ1n) is 7.69. The molecule has 0 aromatic carbocycles. The SMILES string of the molecule is CCC1CCN(c2nccc(/C=C3\SC(=O)N(N)C3=O)n2)CC1. The van der Waals surface area contributed by atoms with E-state index in [9.17, 15) is 9.59 Å². The summed E-state index contributed by atoms with van der Waals surface area (Å²) in [6, 6.07) is 1.72. The van der Waals surface area contributed by atoms with Crippen LogP contribution in [0.15, 0.2) is 17.2 Å². The molecule has 8 heteroatoms. The number of imide groups is 1. The topological polar surface area (TPSA) is 92.4 Å². The van der Waals surface area contributed by atoms with E-state index in [0.717, 1.165) is 43.6 Å². The molecule has 2 aliphatic rings. The first-order chi connectivity index (χ1) is 11.1. The molecule has 2 aliphatic heterocycles. The first kappa shape index (κ1) is 15.9. The lowest BCUT2D eigenvalue weighted by molar-refractivity contribution is -0.122. The van der Waals surface area contributed by atoms with Crippen LogP contribution in [-0.4, -0.2) is 39.2 Å². The second kappa shape index (κ2) is 6.67. The third-order valence-corrected chi connectivity index (χ3v) is 5.13. The van der Waals surface area contributed by atoms with Gasteiger partial charge in [0.15, 0.2) is 0 Å². The highest BCUT2D eigenvalue weighted by Gasteiger charge is 2.33. The van der Waals surface area contributed by atoms with Gasteiger partial charge in [-0.1, -0.05) is 13.3 Å². The van der Waals surface area contributed by atoms with E-state index in [-0.39, 0.29) is 4.91 Å². The van der Waals surface area contributed by atoms with Crippen LogP contribution in [0.1, 0.15) is 31.9 Å². The van der Waals surface area contributed by atoms with Crippen LogP contribution >= 0.6 is 11.8 Å². The van der Waals surface area contributed by atoms with E-state index in [1.54, 1.807) is 18.3 Å². The third kappa shape index (κ3) is 3.37. The van der Waals surface area contributed by atoms with E-state index >= 15 is 0 Å². The van der Waals surface area contributed by atoms with Crippen molar-refractivity contribution in [1.29, 1.82) is 0 Å². The molecule has 122 valence electrons. The Labute approximate surface area is 138 Å². The number of aromatic nitrogens is 2. The maximum absolute atomic E-state index is 11.8. The standard InChI is InChI=1S/C15H19N5O2S/c1-2-10-4-7-19(8-5-10)14-17-6-3-11(18-14)9-12-13(21)20(16)15(22)23-12/h3,6,9-10H,2,4-5,7-8,16H2,1H3/b12-9-. The fraction of sp³-hybridized carbons (Fsp3) is 0.467. The van der Waals surface area contributed by atoms with Gasteiger partial charge in [-0.05, 0) is 42.7 Å². The van der Waals surface area contributed by atoms with Gasteiger partial charge in [0.1, 0.15) is 0 Å². The molecule has 2 fully saturated rings. The zero-order chi connectivity index (χ0) is 16.4. The highest BCUT2D eigenvalue weighted by Crippen LogP contribution is 2.30. The Morgan fingerprint density at radius 3 is 2.74 bits per heavy atom. The zero-order valence-corrected chi connectivity index (χ0v) is 13.8. The van der Waals surface area contributed by atoms with Crippen molar-refractivity contribution in [2.45, 2.75) is 26.2 Å². The summed E-state index contributed by atoms with van der Waals surface area (Å²) in [7, 11) is 0. The minimum absolute atomic E-state index is 0.284. The van der Waals surface area contributed by atoms with Gasteiger partial charge >= 0.3 is 5.24 Å². The van der Waals surface area contributed by atoms with Gasteiger partial charge < -0.3 is 4.90 Å². The Morgan fingerprint density at radius 2 is 2.13 bits per heavy atom. The summed E-state index contributed by atoms with van der Waals surface area (Å²) in [5, 5.41) is 0.144. The Kier molecular flexibility index (Phi) is 4.63. The lowest BCUT2D eigenvalue weighted by atomic mass is 9.95. The smallest absolute Gasteiger partial charge is 0.307 e. The van der Waals surface area contributed by atoms with Crippen molar-refractivity contribution < 1.29 is 9.59 Å². The summed E-state index contributed by atoms with van der Waals surface area (Å²) >= 11 is 0.821. The van der Waals surface area contributed by atoms with E-state index in [2.05, 4.69) is 21.8 Å². The normalized spacial score (nSPS) is 21.6. The van der Waals surface area contributed by atoms with Crippen molar-refractivity contribution in [3.8, 4) is 0 Å². The highest BCUT2D eigenvalue weighted by molar-refractivity contribution is 8.18. The first-order valence-corrected chi connectivity index (χ1v) is 8.50. The molecule has 1 aromatic heterocycles. The molecule has 0 bridgehead atoms. The van der Waals surface area contributed by atoms with Crippen molar-refractivity contribution in [3.05, 3.63) is 22.9 Å². The Bertz CT molecular complexity index is 655. The maximum Gasteiger partial charge on any atom is 0.307 e. The summed E-state index contributed by atoms with van der Waals surface area (Å²) in [4.78, 5) is 34.5. The molecule has 0 saturated carbocycles. The molecule has 0 radical (unpaired) electrons. The van der Waals surface area contributed by atoms with E-state index in [0.29, 0.717) is 16.7 Å². The lowest BCUT2D eigenvalue weighted by Gasteiger charge is -2.31. The number of nitrogens with two attached hydrogens (primary N) is 1. The molecule has 2 N–H and O–H groups in total. The van der Waals surface area contributed by atoms with Gasteiger partial charge in [-0.15, -0.1) is 0 Å².